The molecule has 0 unspecified atom stereocenters. The third kappa shape index (κ3) is 3.48. The van der Waals surface area contributed by atoms with Gasteiger partial charge in [0.1, 0.15) is 0 Å². The van der Waals surface area contributed by atoms with E-state index in [1.807, 2.05) is 49.4 Å². The van der Waals surface area contributed by atoms with Crippen molar-refractivity contribution in [2.75, 3.05) is 10.7 Å². The van der Waals surface area contributed by atoms with E-state index < -0.39 is 12.2 Å². The molecule has 0 saturated heterocycles. The average molecular weight is 441 g/mol. The first kappa shape index (κ1) is 20.5. The fraction of sp³-hybridized carbons (Fsp3) is 0.227. The van der Waals surface area contributed by atoms with Crippen molar-refractivity contribution in [3.05, 3.63) is 77.3 Å². The number of hydrogen-bond donors (Lipinski definition) is 1. The number of amides is 2. The second-order valence-electron chi connectivity index (χ2n) is 6.85. The summed E-state index contributed by atoms with van der Waals surface area (Å²) in [5.41, 5.74) is 2.15. The lowest BCUT2D eigenvalue weighted by Crippen LogP contribution is -2.55. The second kappa shape index (κ2) is 8.53. The van der Waals surface area contributed by atoms with E-state index >= 15 is 0 Å². The van der Waals surface area contributed by atoms with Crippen LogP contribution in [0.4, 0.5) is 5.69 Å². The van der Waals surface area contributed by atoms with Crippen molar-refractivity contribution >= 4 is 46.0 Å². The first-order chi connectivity index (χ1) is 14.6. The lowest BCUT2D eigenvalue weighted by molar-refractivity contribution is -0.130. The first-order valence-corrected chi connectivity index (χ1v) is 11.0. The summed E-state index contributed by atoms with van der Waals surface area (Å²) in [5.74, 6) is 0.333. The van der Waals surface area contributed by atoms with Crippen molar-refractivity contribution in [1.82, 2.24) is 10.3 Å². The van der Waals surface area contributed by atoms with E-state index in [4.69, 9.17) is 16.7 Å². The average Bonchev–Trinajstić information content (AvgIpc) is 2.76. The molecule has 0 fully saturated rings. The third-order valence-corrected chi connectivity index (χ3v) is 6.23. The molecule has 30 heavy (non-hydrogen) atoms. The van der Waals surface area contributed by atoms with Crippen molar-refractivity contribution in [1.29, 1.82) is 0 Å². The highest BCUT2D eigenvalue weighted by atomic mass is 35.5. The van der Waals surface area contributed by atoms with Gasteiger partial charge in [0.2, 0.25) is 5.91 Å². The van der Waals surface area contributed by atoms with Crippen LogP contribution in [-0.4, -0.2) is 27.7 Å². The van der Waals surface area contributed by atoms with Gasteiger partial charge in [0.25, 0.3) is 5.91 Å². The molecule has 0 saturated carbocycles. The number of para-hydroxylation sites is 1. The van der Waals surface area contributed by atoms with Crippen LogP contribution in [0.5, 0.6) is 0 Å². The van der Waals surface area contributed by atoms with Crippen LogP contribution in [-0.2, 0) is 9.59 Å². The van der Waals surface area contributed by atoms with Gasteiger partial charge < -0.3 is 5.32 Å². The predicted molar refractivity (Wildman–Crippen MR) is 121 cm³/mol. The van der Waals surface area contributed by atoms with E-state index in [0.29, 0.717) is 33.6 Å². The molecular formula is C22H21ClN4O2S. The topological polar surface area (TPSA) is 65.0 Å². The molecule has 0 bridgehead atoms. The zero-order valence-corrected chi connectivity index (χ0v) is 18.0. The zero-order chi connectivity index (χ0) is 21.3. The number of thioether (sulfide) groups is 1. The molecule has 4 rings (SSSR count). The molecule has 2 aliphatic rings. The smallest absolute Gasteiger partial charge is 0.255 e. The highest BCUT2D eigenvalue weighted by Crippen LogP contribution is 2.47. The molecule has 154 valence electrons. The SMILES string of the molecule is C=CCSC1=NN2[C@@H](C(=O)N1)c1ccccc1N(C(=O)CC)[C@@H]2c1ccccc1Cl. The molecule has 2 aromatic rings. The van der Waals surface area contributed by atoms with E-state index in [1.165, 1.54) is 11.8 Å². The number of fused-ring (bicyclic) bond motifs is 3. The van der Waals surface area contributed by atoms with Gasteiger partial charge in [0, 0.05) is 28.3 Å². The van der Waals surface area contributed by atoms with Gasteiger partial charge in [-0.1, -0.05) is 72.8 Å². The maximum atomic E-state index is 13.2. The molecule has 2 amide bonds. The molecule has 2 aliphatic heterocycles. The van der Waals surface area contributed by atoms with Crippen LogP contribution in [0.1, 0.15) is 36.7 Å². The van der Waals surface area contributed by atoms with Gasteiger partial charge in [0.15, 0.2) is 17.4 Å². The van der Waals surface area contributed by atoms with E-state index in [9.17, 15) is 9.59 Å². The van der Waals surface area contributed by atoms with E-state index in [-0.39, 0.29) is 11.8 Å². The first-order valence-electron chi connectivity index (χ1n) is 9.63. The Bertz CT molecular complexity index is 1040. The minimum Gasteiger partial charge on any atom is -0.302 e. The Labute approximate surface area is 184 Å². The maximum Gasteiger partial charge on any atom is 0.255 e. The number of hydrogen-bond acceptors (Lipinski definition) is 5. The van der Waals surface area contributed by atoms with Crippen LogP contribution in [0, 0.1) is 0 Å². The van der Waals surface area contributed by atoms with Gasteiger partial charge in [-0.05, 0) is 12.1 Å². The predicted octanol–water partition coefficient (Wildman–Crippen LogP) is 4.46. The number of benzene rings is 2. The van der Waals surface area contributed by atoms with E-state index in [1.54, 1.807) is 22.1 Å². The van der Waals surface area contributed by atoms with Gasteiger partial charge in [-0.25, -0.2) is 0 Å². The summed E-state index contributed by atoms with van der Waals surface area (Å²) in [4.78, 5) is 28.0. The Balaban J connectivity index is 1.95. The fourth-order valence-corrected chi connectivity index (χ4v) is 4.59. The summed E-state index contributed by atoms with van der Waals surface area (Å²) in [7, 11) is 0. The number of halogens is 1. The number of nitrogens with zero attached hydrogens (tertiary/aromatic N) is 3. The number of carbonyl (C=O) groups is 2. The molecule has 0 aliphatic carbocycles. The molecule has 2 atom stereocenters. The van der Waals surface area contributed by atoms with Crippen LogP contribution in [0.25, 0.3) is 0 Å². The van der Waals surface area contributed by atoms with Gasteiger partial charge in [-0.2, -0.15) is 0 Å². The van der Waals surface area contributed by atoms with Gasteiger partial charge in [-0.15, -0.1) is 11.7 Å². The van der Waals surface area contributed by atoms with Crippen LogP contribution in [0.3, 0.4) is 0 Å². The Morgan fingerprint density at radius 2 is 1.93 bits per heavy atom. The van der Waals surface area contributed by atoms with Gasteiger partial charge in [0.05, 0.1) is 5.69 Å². The minimum absolute atomic E-state index is 0.0766. The Kier molecular flexibility index (Phi) is 5.83. The highest BCUT2D eigenvalue weighted by molar-refractivity contribution is 8.14. The molecule has 8 heteroatoms. The monoisotopic (exact) mass is 440 g/mol. The summed E-state index contributed by atoms with van der Waals surface area (Å²) >= 11 is 7.93. The number of hydrazone groups is 1. The molecule has 2 aromatic carbocycles. The molecule has 1 N–H and O–H groups in total. The Hall–Kier alpha value is -2.77. The maximum absolute atomic E-state index is 13.2. The van der Waals surface area contributed by atoms with Gasteiger partial charge >= 0.3 is 0 Å². The number of amidine groups is 1. The van der Waals surface area contributed by atoms with Crippen LogP contribution >= 0.6 is 23.4 Å². The standard InChI is InChI=1S/C22H21ClN4O2S/c1-3-13-30-22-24-20(29)19-15-10-6-8-12-17(15)26(18(28)4-2)21(27(19)25-22)14-9-5-7-11-16(14)23/h3,5-12,19,21H,1,4,13H2,2H3,(H,24,25,29)/t19-,21+/m1/s1. The Morgan fingerprint density at radius 1 is 1.23 bits per heavy atom. The Morgan fingerprint density at radius 3 is 2.63 bits per heavy atom. The lowest BCUT2D eigenvalue weighted by Gasteiger charge is -2.48. The van der Waals surface area contributed by atoms with E-state index in [2.05, 4.69) is 11.9 Å². The second-order valence-corrected chi connectivity index (χ2v) is 8.26. The quantitative estimate of drug-likeness (QED) is 0.713. The fourth-order valence-electron chi connectivity index (χ4n) is 3.76. The summed E-state index contributed by atoms with van der Waals surface area (Å²) < 4.78 is 0. The number of carbonyl (C=O) groups excluding carboxylic acids is 2. The summed E-state index contributed by atoms with van der Waals surface area (Å²) in [6.07, 6.45) is 1.41. The van der Waals surface area contributed by atoms with Crippen molar-refractivity contribution in [3.8, 4) is 0 Å². The van der Waals surface area contributed by atoms with Crippen molar-refractivity contribution in [2.24, 2.45) is 5.10 Å². The molecule has 6 nitrogen and oxygen atoms in total. The van der Waals surface area contributed by atoms with Crippen molar-refractivity contribution in [2.45, 2.75) is 25.6 Å². The largest absolute Gasteiger partial charge is 0.302 e. The molecule has 0 aromatic heterocycles. The van der Waals surface area contributed by atoms with Gasteiger partial charge in [-0.3, -0.25) is 19.5 Å². The molecule has 0 radical (unpaired) electrons. The van der Waals surface area contributed by atoms with Crippen molar-refractivity contribution in [3.63, 3.8) is 0 Å². The molecular weight excluding hydrogens is 420 g/mol. The van der Waals surface area contributed by atoms with E-state index in [0.717, 1.165) is 5.56 Å². The highest BCUT2D eigenvalue weighted by Gasteiger charge is 2.47. The minimum atomic E-state index is -0.670. The third-order valence-electron chi connectivity index (χ3n) is 5.03. The van der Waals surface area contributed by atoms with Crippen molar-refractivity contribution < 1.29 is 9.59 Å². The summed E-state index contributed by atoms with van der Waals surface area (Å²) in [6.45, 7) is 5.54. The van der Waals surface area contributed by atoms with Crippen LogP contribution in [0.15, 0.2) is 66.3 Å². The number of nitrogens with one attached hydrogen (secondary N) is 1. The molecule has 0 spiro atoms. The van der Waals surface area contributed by atoms with Crippen LogP contribution < -0.4 is 10.2 Å². The number of anilines is 1. The number of rotatable bonds is 4. The summed E-state index contributed by atoms with van der Waals surface area (Å²) in [5, 5.41) is 10.3. The lowest BCUT2D eigenvalue weighted by atomic mass is 9.95. The zero-order valence-electron chi connectivity index (χ0n) is 16.4. The van der Waals surface area contributed by atoms with Crippen LogP contribution in [0.2, 0.25) is 5.02 Å². The summed E-state index contributed by atoms with van der Waals surface area (Å²) in [6, 6.07) is 14.1. The molecule has 2 heterocycles. The normalized spacial score (nSPS) is 20.1.